The first-order valence-corrected chi connectivity index (χ1v) is 8.74. The molecule has 1 aromatic heterocycles. The average Bonchev–Trinajstić information content (AvgIpc) is 2.74. The summed E-state index contributed by atoms with van der Waals surface area (Å²) in [5.74, 6) is 0.236. The highest BCUT2D eigenvalue weighted by Gasteiger charge is 2.20. The van der Waals surface area contributed by atoms with Gasteiger partial charge in [-0.1, -0.05) is 30.3 Å². The van der Waals surface area contributed by atoms with Crippen molar-refractivity contribution < 1.29 is 4.79 Å². The number of fused-ring (bicyclic) bond motifs is 1. The second-order valence-electron chi connectivity index (χ2n) is 6.27. The summed E-state index contributed by atoms with van der Waals surface area (Å²) in [7, 11) is 0. The van der Waals surface area contributed by atoms with E-state index in [9.17, 15) is 4.79 Å². The van der Waals surface area contributed by atoms with E-state index in [0.29, 0.717) is 22.8 Å². The lowest BCUT2D eigenvalue weighted by atomic mass is 10.0. The fourth-order valence-corrected chi connectivity index (χ4v) is 3.20. The average molecular weight is 355 g/mol. The SMILES string of the molecule is N#Cc1ccccc1NC(=O)c1cnc(N2CCCc3ccccc32)nc1. The van der Waals surface area contributed by atoms with Crippen LogP contribution in [0.4, 0.5) is 17.3 Å². The molecule has 27 heavy (non-hydrogen) atoms. The van der Waals surface area contributed by atoms with E-state index in [0.717, 1.165) is 25.1 Å². The molecule has 0 radical (unpaired) electrons. The first kappa shape index (κ1) is 16.7. The van der Waals surface area contributed by atoms with Gasteiger partial charge in [0.25, 0.3) is 5.91 Å². The molecule has 4 rings (SSSR count). The van der Waals surface area contributed by atoms with Crippen LogP contribution in [0.2, 0.25) is 0 Å². The number of carbonyl (C=O) groups is 1. The van der Waals surface area contributed by atoms with Crippen molar-refractivity contribution in [2.24, 2.45) is 0 Å². The number of nitrogens with one attached hydrogen (secondary N) is 1. The Labute approximate surface area is 157 Å². The zero-order valence-electron chi connectivity index (χ0n) is 14.6. The van der Waals surface area contributed by atoms with Gasteiger partial charge in [-0.2, -0.15) is 5.26 Å². The number of benzene rings is 2. The van der Waals surface area contributed by atoms with Crippen LogP contribution in [0.15, 0.2) is 60.9 Å². The number of para-hydroxylation sites is 2. The summed E-state index contributed by atoms with van der Waals surface area (Å²) in [6.07, 6.45) is 5.12. The molecule has 1 N–H and O–H groups in total. The number of nitrogens with zero attached hydrogens (tertiary/aromatic N) is 4. The van der Waals surface area contributed by atoms with Gasteiger partial charge in [0.1, 0.15) is 6.07 Å². The van der Waals surface area contributed by atoms with Gasteiger partial charge >= 0.3 is 0 Å². The van der Waals surface area contributed by atoms with Gasteiger partial charge in [0.15, 0.2) is 0 Å². The Morgan fingerprint density at radius 2 is 1.81 bits per heavy atom. The van der Waals surface area contributed by atoms with Gasteiger partial charge in [0.2, 0.25) is 5.95 Å². The number of anilines is 3. The Balaban J connectivity index is 1.55. The molecule has 0 fully saturated rings. The van der Waals surface area contributed by atoms with E-state index in [1.54, 1.807) is 24.3 Å². The maximum Gasteiger partial charge on any atom is 0.258 e. The standard InChI is InChI=1S/C21H17N5O/c22-12-16-7-1-3-9-18(16)25-20(27)17-13-23-21(24-14-17)26-11-5-8-15-6-2-4-10-19(15)26/h1-4,6-7,9-10,13-14H,5,8,11H2,(H,25,27). The largest absolute Gasteiger partial charge is 0.321 e. The number of carbonyl (C=O) groups excluding carboxylic acids is 1. The Kier molecular flexibility index (Phi) is 4.50. The molecule has 132 valence electrons. The fraction of sp³-hybridized carbons (Fsp3) is 0.143. The molecule has 0 bridgehead atoms. The highest BCUT2D eigenvalue weighted by Crippen LogP contribution is 2.31. The van der Waals surface area contributed by atoms with Crippen molar-refractivity contribution in [1.82, 2.24) is 9.97 Å². The van der Waals surface area contributed by atoms with E-state index in [1.807, 2.05) is 12.1 Å². The Morgan fingerprint density at radius 3 is 2.63 bits per heavy atom. The van der Waals surface area contributed by atoms with Crippen LogP contribution in [0.5, 0.6) is 0 Å². The van der Waals surface area contributed by atoms with Gasteiger partial charge in [-0.3, -0.25) is 4.79 Å². The molecule has 2 aromatic carbocycles. The molecule has 0 unspecified atom stereocenters. The summed E-state index contributed by atoms with van der Waals surface area (Å²) in [4.78, 5) is 23.3. The normalized spacial score (nSPS) is 12.8. The number of aryl methyl sites for hydroxylation is 1. The van der Waals surface area contributed by atoms with Crippen molar-refractivity contribution in [2.45, 2.75) is 12.8 Å². The number of amides is 1. The summed E-state index contributed by atoms with van der Waals surface area (Å²) < 4.78 is 0. The zero-order chi connectivity index (χ0) is 18.6. The molecule has 1 amide bonds. The van der Waals surface area contributed by atoms with Gasteiger partial charge in [-0.25, -0.2) is 9.97 Å². The van der Waals surface area contributed by atoms with Crippen LogP contribution in [0.25, 0.3) is 0 Å². The van der Waals surface area contributed by atoms with E-state index in [1.165, 1.54) is 18.0 Å². The lowest BCUT2D eigenvalue weighted by Crippen LogP contribution is -2.26. The lowest BCUT2D eigenvalue weighted by Gasteiger charge is -2.29. The van der Waals surface area contributed by atoms with Crippen molar-refractivity contribution in [2.75, 3.05) is 16.8 Å². The topological polar surface area (TPSA) is 81.9 Å². The van der Waals surface area contributed by atoms with Crippen LogP contribution in [0, 0.1) is 11.3 Å². The van der Waals surface area contributed by atoms with Crippen molar-refractivity contribution in [1.29, 1.82) is 5.26 Å². The number of rotatable bonds is 3. The third-order valence-corrected chi connectivity index (χ3v) is 4.55. The van der Waals surface area contributed by atoms with Gasteiger partial charge in [-0.05, 0) is 36.6 Å². The predicted octanol–water partition coefficient (Wildman–Crippen LogP) is 3.68. The number of hydrogen-bond acceptors (Lipinski definition) is 5. The van der Waals surface area contributed by atoms with Crippen LogP contribution in [0.1, 0.15) is 27.9 Å². The maximum atomic E-state index is 12.5. The van der Waals surface area contributed by atoms with E-state index in [2.05, 4.69) is 38.4 Å². The predicted molar refractivity (Wildman–Crippen MR) is 103 cm³/mol. The molecule has 0 aliphatic carbocycles. The summed E-state index contributed by atoms with van der Waals surface area (Å²) in [6, 6.07) is 17.2. The third-order valence-electron chi connectivity index (χ3n) is 4.55. The van der Waals surface area contributed by atoms with E-state index >= 15 is 0 Å². The smallest absolute Gasteiger partial charge is 0.258 e. The lowest BCUT2D eigenvalue weighted by molar-refractivity contribution is 0.102. The molecular formula is C21H17N5O. The molecule has 2 heterocycles. The number of aromatic nitrogens is 2. The van der Waals surface area contributed by atoms with E-state index < -0.39 is 0 Å². The van der Waals surface area contributed by atoms with Crippen molar-refractivity contribution >= 4 is 23.2 Å². The third kappa shape index (κ3) is 3.35. The van der Waals surface area contributed by atoms with Gasteiger partial charge in [0.05, 0.1) is 16.8 Å². The fourth-order valence-electron chi connectivity index (χ4n) is 3.20. The Hall–Kier alpha value is -3.72. The van der Waals surface area contributed by atoms with Gasteiger partial charge in [0, 0.05) is 24.6 Å². The molecule has 6 nitrogen and oxygen atoms in total. The highest BCUT2D eigenvalue weighted by atomic mass is 16.1. The number of nitriles is 1. The first-order valence-electron chi connectivity index (χ1n) is 8.74. The molecule has 3 aromatic rings. The summed E-state index contributed by atoms with van der Waals surface area (Å²) >= 11 is 0. The van der Waals surface area contributed by atoms with Crippen LogP contribution >= 0.6 is 0 Å². The van der Waals surface area contributed by atoms with Crippen LogP contribution < -0.4 is 10.2 Å². The van der Waals surface area contributed by atoms with E-state index in [4.69, 9.17) is 5.26 Å². The second-order valence-corrected chi connectivity index (χ2v) is 6.27. The van der Waals surface area contributed by atoms with Gasteiger partial charge in [-0.15, -0.1) is 0 Å². The molecule has 0 saturated heterocycles. The molecule has 0 saturated carbocycles. The minimum Gasteiger partial charge on any atom is -0.321 e. The van der Waals surface area contributed by atoms with Crippen molar-refractivity contribution in [3.8, 4) is 6.07 Å². The molecule has 0 atom stereocenters. The van der Waals surface area contributed by atoms with Crippen LogP contribution in [-0.2, 0) is 6.42 Å². The van der Waals surface area contributed by atoms with Gasteiger partial charge < -0.3 is 10.2 Å². The quantitative estimate of drug-likeness (QED) is 0.775. The summed E-state index contributed by atoms with van der Waals surface area (Å²) in [5, 5.41) is 11.9. The van der Waals surface area contributed by atoms with Crippen LogP contribution in [-0.4, -0.2) is 22.4 Å². The highest BCUT2D eigenvalue weighted by molar-refractivity contribution is 6.04. The molecular weight excluding hydrogens is 338 g/mol. The Morgan fingerprint density at radius 1 is 1.07 bits per heavy atom. The first-order chi connectivity index (χ1) is 13.3. The molecule has 0 spiro atoms. The van der Waals surface area contributed by atoms with Crippen LogP contribution in [0.3, 0.4) is 0 Å². The monoisotopic (exact) mass is 355 g/mol. The number of hydrogen-bond donors (Lipinski definition) is 1. The minimum atomic E-state index is -0.344. The zero-order valence-corrected chi connectivity index (χ0v) is 14.6. The van der Waals surface area contributed by atoms with Crippen molar-refractivity contribution in [3.05, 3.63) is 77.6 Å². The molecule has 1 aliphatic rings. The maximum absolute atomic E-state index is 12.5. The second kappa shape index (κ2) is 7.26. The molecule has 6 heteroatoms. The Bertz CT molecular complexity index is 1020. The minimum absolute atomic E-state index is 0.344. The van der Waals surface area contributed by atoms with E-state index in [-0.39, 0.29) is 5.91 Å². The molecule has 1 aliphatic heterocycles. The summed E-state index contributed by atoms with van der Waals surface area (Å²) in [6.45, 7) is 0.845. The van der Waals surface area contributed by atoms with Crippen molar-refractivity contribution in [3.63, 3.8) is 0 Å². The summed E-state index contributed by atoms with van der Waals surface area (Å²) in [5.41, 5.74) is 3.62.